The van der Waals surface area contributed by atoms with E-state index < -0.39 is 14.8 Å². The van der Waals surface area contributed by atoms with Gasteiger partial charge in [0.15, 0.2) is 0 Å². The zero-order valence-corrected chi connectivity index (χ0v) is 4.34. The quantitative estimate of drug-likeness (QED) is 0.433. The predicted molar refractivity (Wildman–Crippen MR) is 9.21 cm³/mol. The summed E-state index contributed by atoms with van der Waals surface area (Å²) in [6.45, 7) is 0. The Labute approximate surface area is 61.0 Å². The Morgan fingerprint density at radius 3 is 1.17 bits per heavy atom. The Hall–Kier alpha value is 1.04. The molecule has 0 saturated carbocycles. The summed E-state index contributed by atoms with van der Waals surface area (Å²) in [6, 6.07) is 0. The zero-order valence-electron chi connectivity index (χ0n) is 1.98. The Balaban J connectivity index is -0.0000000275. The SMILES string of the molecule is [LiH].[O]=[Mn].[O]=[Mn]=[O]. The molecule has 0 radical (unpaired) electrons. The van der Waals surface area contributed by atoms with Gasteiger partial charge in [0, 0.05) is 0 Å². The molecule has 0 unspecified atom stereocenters. The second-order valence-corrected chi connectivity index (χ2v) is 0.260. The predicted octanol–water partition coefficient (Wildman–Crippen LogP) is -1.01. The Kier molecular flexibility index (Phi) is 96.8. The fraction of sp³-hybridized carbons (Fsp3) is 0. The first-order valence-electron chi connectivity index (χ1n) is 0.463. The summed E-state index contributed by atoms with van der Waals surface area (Å²) in [7, 11) is 0. The molecule has 0 aromatic rings. The summed E-state index contributed by atoms with van der Waals surface area (Å²) in [5.74, 6) is 0. The topological polar surface area (TPSA) is 51.2 Å². The molecule has 0 aromatic carbocycles. The molecule has 0 saturated heterocycles. The van der Waals surface area contributed by atoms with E-state index in [9.17, 15) is 0 Å². The molecule has 0 atom stereocenters. The van der Waals surface area contributed by atoms with Crippen LogP contribution in [0.25, 0.3) is 0 Å². The van der Waals surface area contributed by atoms with Gasteiger partial charge in [-0.15, -0.1) is 0 Å². The molecule has 0 rings (SSSR count). The van der Waals surface area contributed by atoms with Crippen molar-refractivity contribution in [3.63, 3.8) is 0 Å². The van der Waals surface area contributed by atoms with Crippen LogP contribution < -0.4 is 0 Å². The van der Waals surface area contributed by atoms with Gasteiger partial charge in [0.1, 0.15) is 0 Å². The van der Waals surface area contributed by atoms with Gasteiger partial charge in [-0.1, -0.05) is 0 Å². The first-order chi connectivity index (χ1) is 2.41. The van der Waals surface area contributed by atoms with Gasteiger partial charge >= 0.3 is 61.1 Å². The second-order valence-electron chi connectivity index (χ2n) is 0.0630. The van der Waals surface area contributed by atoms with Gasteiger partial charge in [-0.05, 0) is 0 Å². The summed E-state index contributed by atoms with van der Waals surface area (Å²) in [6.07, 6.45) is 0. The molecular weight excluding hydrogens is 165 g/mol. The van der Waals surface area contributed by atoms with Crippen LogP contribution in [-0.2, 0) is 42.3 Å². The summed E-state index contributed by atoms with van der Waals surface area (Å²) in [5.41, 5.74) is 0. The monoisotopic (exact) mass is 166 g/mol. The molecule has 0 aliphatic rings. The van der Waals surface area contributed by atoms with Crippen LogP contribution in [0.4, 0.5) is 0 Å². The van der Waals surface area contributed by atoms with E-state index in [4.69, 9.17) is 11.5 Å². The minimum absolute atomic E-state index is 0. The van der Waals surface area contributed by atoms with Crippen molar-refractivity contribution < 1.29 is 42.3 Å². The van der Waals surface area contributed by atoms with E-state index in [0.717, 1.165) is 0 Å². The van der Waals surface area contributed by atoms with Crippen LogP contribution in [0.1, 0.15) is 0 Å². The third-order valence-corrected chi connectivity index (χ3v) is 0. The molecule has 0 amide bonds. The maximum absolute atomic E-state index is 8.41. The summed E-state index contributed by atoms with van der Waals surface area (Å²) >= 11 is 0.250. The van der Waals surface area contributed by atoms with E-state index >= 15 is 0 Å². The Bertz CT molecular complexity index is 38.1. The molecule has 3 nitrogen and oxygen atoms in total. The molecule has 0 bridgehead atoms. The van der Waals surface area contributed by atoms with Crippen LogP contribution >= 0.6 is 0 Å². The molecule has 0 aliphatic heterocycles. The van der Waals surface area contributed by atoms with E-state index in [1.54, 1.807) is 15.9 Å². The van der Waals surface area contributed by atoms with Crippen molar-refractivity contribution in [3.05, 3.63) is 0 Å². The average Bonchev–Trinajstić information content (AvgIpc) is 1.46. The maximum atomic E-state index is 8.41. The van der Waals surface area contributed by atoms with Crippen LogP contribution in [-0.4, -0.2) is 18.9 Å². The van der Waals surface area contributed by atoms with E-state index in [2.05, 4.69) is 0 Å². The van der Waals surface area contributed by atoms with Gasteiger partial charge in [-0.2, -0.15) is 0 Å². The second kappa shape index (κ2) is 36.9. The Morgan fingerprint density at radius 2 is 1.17 bits per heavy atom. The number of hydrogen-bond acceptors (Lipinski definition) is 3. The average molecular weight is 166 g/mol. The third kappa shape index (κ3) is 76.4. The van der Waals surface area contributed by atoms with Crippen LogP contribution in [0.3, 0.4) is 0 Å². The van der Waals surface area contributed by atoms with Crippen molar-refractivity contribution >= 4 is 18.9 Å². The van der Waals surface area contributed by atoms with Crippen molar-refractivity contribution in [2.24, 2.45) is 0 Å². The van der Waals surface area contributed by atoms with Crippen LogP contribution in [0, 0.1) is 0 Å². The van der Waals surface area contributed by atoms with Gasteiger partial charge in [0.05, 0.1) is 0 Å². The zero-order chi connectivity index (χ0) is 4.71. The number of hydrogen-bond donors (Lipinski definition) is 0. The normalized spacial score (nSPS) is 2.67. The van der Waals surface area contributed by atoms with Gasteiger partial charge in [0.25, 0.3) is 0 Å². The molecular formula is HLiMn2O3. The van der Waals surface area contributed by atoms with Crippen molar-refractivity contribution in [1.29, 1.82) is 0 Å². The summed E-state index contributed by atoms with van der Waals surface area (Å²) in [4.78, 5) is 0. The van der Waals surface area contributed by atoms with Crippen molar-refractivity contribution in [3.8, 4) is 0 Å². The summed E-state index contributed by atoms with van der Waals surface area (Å²) in [5, 5.41) is 0. The summed E-state index contributed by atoms with van der Waals surface area (Å²) < 4.78 is 24.9. The van der Waals surface area contributed by atoms with Gasteiger partial charge in [-0.3, -0.25) is 0 Å². The minimum atomic E-state index is -1.44. The van der Waals surface area contributed by atoms with Gasteiger partial charge in [-0.25, -0.2) is 0 Å². The molecule has 6 heteroatoms. The first-order valence-corrected chi connectivity index (χ1v) is 1.91. The molecule has 0 fully saturated rings. The van der Waals surface area contributed by atoms with Crippen molar-refractivity contribution in [1.82, 2.24) is 0 Å². The first kappa shape index (κ1) is 15.7. The molecule has 0 aromatic heterocycles. The van der Waals surface area contributed by atoms with Crippen LogP contribution in [0.2, 0.25) is 0 Å². The third-order valence-electron chi connectivity index (χ3n) is 0. The molecule has 0 aliphatic carbocycles. The van der Waals surface area contributed by atoms with Crippen LogP contribution in [0.15, 0.2) is 0 Å². The Morgan fingerprint density at radius 1 is 1.17 bits per heavy atom. The molecule has 0 spiro atoms. The van der Waals surface area contributed by atoms with Crippen LogP contribution in [0.5, 0.6) is 0 Å². The van der Waals surface area contributed by atoms with Crippen molar-refractivity contribution in [2.75, 3.05) is 0 Å². The molecule has 6 heavy (non-hydrogen) atoms. The molecule has 0 heterocycles. The molecule has 34 valence electrons. The fourth-order valence-corrected chi connectivity index (χ4v) is 0. The van der Waals surface area contributed by atoms with E-state index in [1.807, 2.05) is 0 Å². The fourth-order valence-electron chi connectivity index (χ4n) is 0. The van der Waals surface area contributed by atoms with E-state index in [1.165, 1.54) is 0 Å². The number of rotatable bonds is 0. The standard InChI is InChI=1S/Li.2Mn.3O.H. The van der Waals surface area contributed by atoms with Gasteiger partial charge < -0.3 is 0 Å². The van der Waals surface area contributed by atoms with E-state index in [0.29, 0.717) is 0 Å². The van der Waals surface area contributed by atoms with Gasteiger partial charge in [0.2, 0.25) is 0 Å². The van der Waals surface area contributed by atoms with E-state index in [-0.39, 0.29) is 18.9 Å². The molecule has 0 N–H and O–H groups in total. The van der Waals surface area contributed by atoms with Crippen molar-refractivity contribution in [2.45, 2.75) is 0 Å².